The largest absolute Gasteiger partial charge is 0.375 e. The van der Waals surface area contributed by atoms with Crippen LogP contribution in [-0.4, -0.2) is 4.98 Å². The standard InChI is InChI=1S/C10H8ClFN2S/c1-5-2-6(7(11)3-8(5)12)9-4-15-10(13)14-9/h2-4H,1H3,(H2,13,14). The lowest BCUT2D eigenvalue weighted by Crippen LogP contribution is -1.88. The van der Waals surface area contributed by atoms with Crippen LogP contribution in [0.1, 0.15) is 5.56 Å². The van der Waals surface area contributed by atoms with Crippen LogP contribution in [0.3, 0.4) is 0 Å². The number of aryl methyl sites for hydroxylation is 1. The summed E-state index contributed by atoms with van der Waals surface area (Å²) < 4.78 is 13.2. The van der Waals surface area contributed by atoms with Crippen LogP contribution in [0.15, 0.2) is 17.5 Å². The molecule has 0 bridgehead atoms. The van der Waals surface area contributed by atoms with Crippen molar-refractivity contribution in [3.05, 3.63) is 33.9 Å². The Kier molecular flexibility index (Phi) is 2.63. The molecule has 1 heterocycles. The lowest BCUT2D eigenvalue weighted by molar-refractivity contribution is 0.619. The van der Waals surface area contributed by atoms with E-state index in [2.05, 4.69) is 4.98 Å². The molecular weight excluding hydrogens is 235 g/mol. The molecule has 0 atom stereocenters. The highest BCUT2D eigenvalue weighted by Crippen LogP contribution is 2.31. The van der Waals surface area contributed by atoms with Crippen molar-refractivity contribution in [3.8, 4) is 11.3 Å². The zero-order valence-corrected chi connectivity index (χ0v) is 9.49. The van der Waals surface area contributed by atoms with Crippen molar-refractivity contribution in [1.82, 2.24) is 4.98 Å². The maximum Gasteiger partial charge on any atom is 0.180 e. The smallest absolute Gasteiger partial charge is 0.180 e. The maximum atomic E-state index is 13.2. The summed E-state index contributed by atoms with van der Waals surface area (Å²) in [6, 6.07) is 2.97. The topological polar surface area (TPSA) is 38.9 Å². The van der Waals surface area contributed by atoms with Crippen molar-refractivity contribution < 1.29 is 4.39 Å². The van der Waals surface area contributed by atoms with E-state index in [1.54, 1.807) is 18.4 Å². The fraction of sp³-hybridized carbons (Fsp3) is 0.100. The predicted molar refractivity (Wildman–Crippen MR) is 61.7 cm³/mol. The Morgan fingerprint density at radius 3 is 2.80 bits per heavy atom. The number of thiazole rings is 1. The molecule has 0 aliphatic heterocycles. The van der Waals surface area contributed by atoms with Crippen molar-refractivity contribution in [3.63, 3.8) is 0 Å². The van der Waals surface area contributed by atoms with E-state index in [0.29, 0.717) is 27.0 Å². The van der Waals surface area contributed by atoms with Crippen LogP contribution < -0.4 is 5.73 Å². The van der Waals surface area contributed by atoms with Crippen molar-refractivity contribution >= 4 is 28.1 Å². The second-order valence-electron chi connectivity index (χ2n) is 3.15. The first-order valence-electron chi connectivity index (χ1n) is 4.25. The highest BCUT2D eigenvalue weighted by atomic mass is 35.5. The summed E-state index contributed by atoms with van der Waals surface area (Å²) in [5.74, 6) is -0.313. The summed E-state index contributed by atoms with van der Waals surface area (Å²) in [7, 11) is 0. The van der Waals surface area contributed by atoms with E-state index < -0.39 is 0 Å². The zero-order valence-electron chi connectivity index (χ0n) is 7.92. The minimum Gasteiger partial charge on any atom is -0.375 e. The molecule has 0 radical (unpaired) electrons. The normalized spacial score (nSPS) is 10.6. The Morgan fingerprint density at radius 2 is 2.20 bits per heavy atom. The molecule has 0 unspecified atom stereocenters. The van der Waals surface area contributed by atoms with E-state index in [9.17, 15) is 4.39 Å². The summed E-state index contributed by atoms with van der Waals surface area (Å²) in [4.78, 5) is 4.10. The van der Waals surface area contributed by atoms with Crippen LogP contribution in [0.5, 0.6) is 0 Å². The van der Waals surface area contributed by atoms with Gasteiger partial charge in [-0.15, -0.1) is 11.3 Å². The highest BCUT2D eigenvalue weighted by Gasteiger charge is 2.10. The van der Waals surface area contributed by atoms with Gasteiger partial charge in [-0.25, -0.2) is 9.37 Å². The SMILES string of the molecule is Cc1cc(-c2csc(N)n2)c(Cl)cc1F. The Bertz CT molecular complexity index is 510. The fourth-order valence-electron chi connectivity index (χ4n) is 1.26. The van der Waals surface area contributed by atoms with E-state index in [0.717, 1.165) is 0 Å². The summed E-state index contributed by atoms with van der Waals surface area (Å²) in [6.45, 7) is 1.69. The Labute approximate surface area is 95.5 Å². The van der Waals surface area contributed by atoms with E-state index >= 15 is 0 Å². The zero-order chi connectivity index (χ0) is 11.0. The van der Waals surface area contributed by atoms with Gasteiger partial charge >= 0.3 is 0 Å². The quantitative estimate of drug-likeness (QED) is 0.831. The molecule has 15 heavy (non-hydrogen) atoms. The predicted octanol–water partition coefficient (Wildman–Crippen LogP) is 3.49. The Hall–Kier alpha value is -1.13. The third-order valence-corrected chi connectivity index (χ3v) is 3.03. The third-order valence-electron chi connectivity index (χ3n) is 2.05. The lowest BCUT2D eigenvalue weighted by atomic mass is 10.1. The van der Waals surface area contributed by atoms with Crippen LogP contribution in [-0.2, 0) is 0 Å². The van der Waals surface area contributed by atoms with E-state index in [1.165, 1.54) is 17.4 Å². The number of halogens is 2. The molecule has 2 aromatic rings. The van der Waals surface area contributed by atoms with Gasteiger partial charge in [-0.1, -0.05) is 11.6 Å². The van der Waals surface area contributed by atoms with Crippen molar-refractivity contribution in [2.75, 3.05) is 5.73 Å². The first kappa shape index (κ1) is 10.4. The van der Waals surface area contributed by atoms with Gasteiger partial charge in [0.25, 0.3) is 0 Å². The number of benzene rings is 1. The van der Waals surface area contributed by atoms with Gasteiger partial charge in [0.1, 0.15) is 5.82 Å². The molecule has 0 amide bonds. The minimum absolute atomic E-state index is 0.313. The summed E-state index contributed by atoms with van der Waals surface area (Å²) in [5, 5.41) is 2.62. The average Bonchev–Trinajstić information content (AvgIpc) is 2.58. The molecule has 78 valence electrons. The van der Waals surface area contributed by atoms with Crippen molar-refractivity contribution in [2.24, 2.45) is 0 Å². The number of aromatic nitrogens is 1. The second kappa shape index (κ2) is 3.79. The summed E-state index contributed by atoms with van der Waals surface area (Å²) in [6.07, 6.45) is 0. The van der Waals surface area contributed by atoms with Gasteiger partial charge in [0, 0.05) is 10.9 Å². The fourth-order valence-corrected chi connectivity index (χ4v) is 2.08. The second-order valence-corrected chi connectivity index (χ2v) is 4.45. The highest BCUT2D eigenvalue weighted by molar-refractivity contribution is 7.13. The van der Waals surface area contributed by atoms with Gasteiger partial charge in [0.2, 0.25) is 0 Å². The number of rotatable bonds is 1. The molecule has 5 heteroatoms. The number of nitrogens with zero attached hydrogens (tertiary/aromatic N) is 1. The van der Waals surface area contributed by atoms with E-state index in [-0.39, 0.29) is 5.82 Å². The number of hydrogen-bond donors (Lipinski definition) is 1. The van der Waals surface area contributed by atoms with Crippen LogP contribution in [0.4, 0.5) is 9.52 Å². The molecule has 1 aromatic carbocycles. The minimum atomic E-state index is -0.313. The average molecular weight is 243 g/mol. The van der Waals surface area contributed by atoms with Crippen LogP contribution in [0, 0.1) is 12.7 Å². The summed E-state index contributed by atoms with van der Waals surface area (Å²) in [5.41, 5.74) is 7.46. The van der Waals surface area contributed by atoms with E-state index in [4.69, 9.17) is 17.3 Å². The molecule has 2 rings (SSSR count). The van der Waals surface area contributed by atoms with Gasteiger partial charge in [0.15, 0.2) is 5.13 Å². The Balaban J connectivity index is 2.58. The first-order chi connectivity index (χ1) is 7.08. The number of anilines is 1. The molecular formula is C10H8ClFN2S. The van der Waals surface area contributed by atoms with Crippen LogP contribution in [0.25, 0.3) is 11.3 Å². The monoisotopic (exact) mass is 242 g/mol. The van der Waals surface area contributed by atoms with Crippen molar-refractivity contribution in [2.45, 2.75) is 6.92 Å². The van der Waals surface area contributed by atoms with Crippen LogP contribution in [0.2, 0.25) is 5.02 Å². The molecule has 0 spiro atoms. The molecule has 0 aliphatic rings. The molecule has 0 saturated heterocycles. The molecule has 2 N–H and O–H groups in total. The lowest BCUT2D eigenvalue weighted by Gasteiger charge is -2.03. The van der Waals surface area contributed by atoms with E-state index in [1.807, 2.05) is 0 Å². The van der Waals surface area contributed by atoms with Gasteiger partial charge < -0.3 is 5.73 Å². The number of nitrogen functional groups attached to an aromatic ring is 1. The molecule has 0 saturated carbocycles. The van der Waals surface area contributed by atoms with Crippen LogP contribution >= 0.6 is 22.9 Å². The molecule has 2 nitrogen and oxygen atoms in total. The maximum absolute atomic E-state index is 13.2. The van der Waals surface area contributed by atoms with Gasteiger partial charge in [0.05, 0.1) is 10.7 Å². The molecule has 0 aliphatic carbocycles. The van der Waals surface area contributed by atoms with Gasteiger partial charge in [-0.2, -0.15) is 0 Å². The third kappa shape index (κ3) is 1.96. The first-order valence-corrected chi connectivity index (χ1v) is 5.50. The number of nitrogens with two attached hydrogens (primary N) is 1. The molecule has 1 aromatic heterocycles. The summed E-state index contributed by atoms with van der Waals surface area (Å²) >= 11 is 7.26. The van der Waals surface area contributed by atoms with Crippen molar-refractivity contribution in [1.29, 1.82) is 0 Å². The Morgan fingerprint density at radius 1 is 1.47 bits per heavy atom. The number of hydrogen-bond acceptors (Lipinski definition) is 3. The van der Waals surface area contributed by atoms with Gasteiger partial charge in [-0.3, -0.25) is 0 Å². The van der Waals surface area contributed by atoms with Gasteiger partial charge in [-0.05, 0) is 24.6 Å². The molecule has 0 fully saturated rings.